The van der Waals surface area contributed by atoms with Crippen LogP contribution in [0.2, 0.25) is 0 Å². The topological polar surface area (TPSA) is 116 Å². The van der Waals surface area contributed by atoms with E-state index in [0.717, 1.165) is 22.3 Å². The SMILES string of the molecule is CC1CC(O)CCN1C(=O)C(CC(=O)O)NC(=O)OCC1c2ccccc2-c2ccccc21. The number of carboxylic acid groups (broad SMARTS) is 1. The fourth-order valence-electron chi connectivity index (χ4n) is 4.83. The number of nitrogens with zero attached hydrogens (tertiary/aromatic N) is 1. The van der Waals surface area contributed by atoms with E-state index in [-0.39, 0.29) is 18.6 Å². The summed E-state index contributed by atoms with van der Waals surface area (Å²) < 4.78 is 5.48. The molecule has 1 heterocycles. The number of nitrogens with one attached hydrogen (secondary N) is 1. The molecular weight excluding hydrogens is 424 g/mol. The molecule has 0 saturated carbocycles. The molecule has 2 aliphatic rings. The van der Waals surface area contributed by atoms with E-state index >= 15 is 0 Å². The van der Waals surface area contributed by atoms with Gasteiger partial charge in [0.2, 0.25) is 5.91 Å². The molecule has 33 heavy (non-hydrogen) atoms. The predicted molar refractivity (Wildman–Crippen MR) is 121 cm³/mol. The average molecular weight is 453 g/mol. The Morgan fingerprint density at radius 2 is 1.70 bits per heavy atom. The van der Waals surface area contributed by atoms with E-state index < -0.39 is 36.5 Å². The number of carbonyl (C=O) groups is 3. The second-order valence-electron chi connectivity index (χ2n) is 8.68. The van der Waals surface area contributed by atoms with Gasteiger partial charge in [-0.3, -0.25) is 9.59 Å². The lowest BCUT2D eigenvalue weighted by atomic mass is 9.98. The van der Waals surface area contributed by atoms with Gasteiger partial charge in [-0.2, -0.15) is 0 Å². The molecule has 1 aliphatic heterocycles. The Hall–Kier alpha value is -3.39. The van der Waals surface area contributed by atoms with Gasteiger partial charge in [-0.25, -0.2) is 4.79 Å². The number of ether oxygens (including phenoxy) is 1. The summed E-state index contributed by atoms with van der Waals surface area (Å²) in [7, 11) is 0. The first kappa shape index (κ1) is 22.8. The Labute approximate surface area is 192 Å². The van der Waals surface area contributed by atoms with E-state index in [4.69, 9.17) is 4.74 Å². The van der Waals surface area contributed by atoms with Crippen LogP contribution in [0.3, 0.4) is 0 Å². The fraction of sp³-hybridized carbons (Fsp3) is 0.400. The lowest BCUT2D eigenvalue weighted by Crippen LogP contribution is -2.55. The molecule has 2 aromatic carbocycles. The largest absolute Gasteiger partial charge is 0.481 e. The number of likely N-dealkylation sites (tertiary alicyclic amines) is 1. The molecule has 0 aromatic heterocycles. The summed E-state index contributed by atoms with van der Waals surface area (Å²) in [4.78, 5) is 38.5. The minimum absolute atomic E-state index is 0.0696. The number of rotatable bonds is 6. The number of carbonyl (C=O) groups excluding carboxylic acids is 2. The molecular formula is C25H28N2O6. The quantitative estimate of drug-likeness (QED) is 0.621. The summed E-state index contributed by atoms with van der Waals surface area (Å²) in [6.07, 6.45) is -1.04. The van der Waals surface area contributed by atoms with Gasteiger partial charge in [-0.05, 0) is 42.0 Å². The van der Waals surface area contributed by atoms with Crippen LogP contribution >= 0.6 is 0 Å². The fourth-order valence-corrected chi connectivity index (χ4v) is 4.83. The third kappa shape index (κ3) is 4.85. The zero-order valence-electron chi connectivity index (χ0n) is 18.4. The zero-order valence-corrected chi connectivity index (χ0v) is 18.4. The van der Waals surface area contributed by atoms with Gasteiger partial charge in [0, 0.05) is 18.5 Å². The maximum Gasteiger partial charge on any atom is 0.407 e. The lowest BCUT2D eigenvalue weighted by Gasteiger charge is -2.37. The second kappa shape index (κ2) is 9.62. The van der Waals surface area contributed by atoms with Gasteiger partial charge in [0.15, 0.2) is 0 Å². The molecule has 8 nitrogen and oxygen atoms in total. The van der Waals surface area contributed by atoms with Crippen molar-refractivity contribution in [2.24, 2.45) is 0 Å². The van der Waals surface area contributed by atoms with Gasteiger partial charge < -0.3 is 25.2 Å². The summed E-state index contributed by atoms with van der Waals surface area (Å²) in [5.74, 6) is -1.82. The summed E-state index contributed by atoms with van der Waals surface area (Å²) in [5, 5.41) is 21.5. The van der Waals surface area contributed by atoms with Crippen LogP contribution in [0.1, 0.15) is 43.2 Å². The van der Waals surface area contributed by atoms with Crippen LogP contribution in [0.5, 0.6) is 0 Å². The first-order valence-electron chi connectivity index (χ1n) is 11.2. The van der Waals surface area contributed by atoms with Crippen molar-refractivity contribution in [3.63, 3.8) is 0 Å². The molecule has 3 unspecified atom stereocenters. The van der Waals surface area contributed by atoms with Crippen LogP contribution < -0.4 is 5.32 Å². The molecule has 0 radical (unpaired) electrons. The van der Waals surface area contributed by atoms with Crippen LogP contribution in [0.15, 0.2) is 48.5 Å². The molecule has 0 bridgehead atoms. The highest BCUT2D eigenvalue weighted by Crippen LogP contribution is 2.44. The number of fused-ring (bicyclic) bond motifs is 3. The van der Waals surface area contributed by atoms with Crippen molar-refractivity contribution in [3.8, 4) is 11.1 Å². The number of hydrogen-bond acceptors (Lipinski definition) is 5. The van der Waals surface area contributed by atoms with E-state index in [1.807, 2.05) is 48.5 Å². The van der Waals surface area contributed by atoms with E-state index in [9.17, 15) is 24.6 Å². The van der Waals surface area contributed by atoms with E-state index in [0.29, 0.717) is 19.4 Å². The smallest absolute Gasteiger partial charge is 0.407 e. The maximum absolute atomic E-state index is 13.0. The molecule has 2 amide bonds. The van der Waals surface area contributed by atoms with Gasteiger partial charge >= 0.3 is 12.1 Å². The normalized spacial score (nSPS) is 20.5. The number of piperidine rings is 1. The summed E-state index contributed by atoms with van der Waals surface area (Å²) in [5.41, 5.74) is 4.32. The number of aliphatic hydroxyl groups is 1. The summed E-state index contributed by atoms with van der Waals surface area (Å²) >= 11 is 0. The number of carboxylic acids is 1. The highest BCUT2D eigenvalue weighted by Gasteiger charge is 2.35. The van der Waals surface area contributed by atoms with Crippen LogP contribution in [0.25, 0.3) is 11.1 Å². The molecule has 174 valence electrons. The van der Waals surface area contributed by atoms with Gasteiger partial charge in [-0.15, -0.1) is 0 Å². The highest BCUT2D eigenvalue weighted by molar-refractivity contribution is 5.89. The summed E-state index contributed by atoms with van der Waals surface area (Å²) in [6, 6.07) is 14.4. The minimum atomic E-state index is -1.24. The molecule has 3 N–H and O–H groups in total. The Morgan fingerprint density at radius 1 is 1.09 bits per heavy atom. The third-order valence-corrected chi connectivity index (χ3v) is 6.44. The van der Waals surface area contributed by atoms with Crippen LogP contribution in [-0.2, 0) is 14.3 Å². The number of alkyl carbamates (subject to hydrolysis) is 1. The molecule has 8 heteroatoms. The number of amides is 2. The molecule has 2 aromatic rings. The van der Waals surface area contributed by atoms with Crippen molar-refractivity contribution in [1.29, 1.82) is 0 Å². The van der Waals surface area contributed by atoms with Crippen molar-refractivity contribution >= 4 is 18.0 Å². The lowest BCUT2D eigenvalue weighted by molar-refractivity contribution is -0.144. The van der Waals surface area contributed by atoms with Gasteiger partial charge in [0.05, 0.1) is 12.5 Å². The standard InChI is InChI=1S/C25H28N2O6/c1-15-12-16(28)10-11-27(15)24(31)22(13-23(29)30)26-25(32)33-14-21-19-8-4-2-6-17(19)18-7-3-5-9-20(18)21/h2-9,15-16,21-22,28H,10-14H2,1H3,(H,26,32)(H,29,30). The highest BCUT2D eigenvalue weighted by atomic mass is 16.5. The molecule has 1 fully saturated rings. The van der Waals surface area contributed by atoms with Crippen molar-refractivity contribution in [1.82, 2.24) is 10.2 Å². The molecule has 1 aliphatic carbocycles. The van der Waals surface area contributed by atoms with Crippen LogP contribution in [-0.4, -0.2) is 64.4 Å². The summed E-state index contributed by atoms with van der Waals surface area (Å²) in [6.45, 7) is 2.18. The number of hydrogen-bond donors (Lipinski definition) is 3. The minimum Gasteiger partial charge on any atom is -0.481 e. The predicted octanol–water partition coefficient (Wildman–Crippen LogP) is 2.74. The molecule has 3 atom stereocenters. The maximum atomic E-state index is 13.0. The first-order valence-corrected chi connectivity index (χ1v) is 11.2. The zero-order chi connectivity index (χ0) is 23.5. The first-order chi connectivity index (χ1) is 15.8. The van der Waals surface area contributed by atoms with E-state index in [1.165, 1.54) is 4.90 Å². The Balaban J connectivity index is 1.43. The van der Waals surface area contributed by atoms with Crippen molar-refractivity contribution in [3.05, 3.63) is 59.7 Å². The Bertz CT molecular complexity index is 1010. The molecule has 4 rings (SSSR count). The van der Waals surface area contributed by atoms with Crippen molar-refractivity contribution in [2.75, 3.05) is 13.2 Å². The third-order valence-electron chi connectivity index (χ3n) is 6.44. The van der Waals surface area contributed by atoms with Crippen LogP contribution in [0.4, 0.5) is 4.79 Å². The van der Waals surface area contributed by atoms with Gasteiger partial charge in [0.1, 0.15) is 12.6 Å². The van der Waals surface area contributed by atoms with E-state index in [2.05, 4.69) is 5.32 Å². The monoisotopic (exact) mass is 452 g/mol. The van der Waals surface area contributed by atoms with Gasteiger partial charge in [-0.1, -0.05) is 48.5 Å². The number of aliphatic carboxylic acids is 1. The number of aliphatic hydroxyl groups excluding tert-OH is 1. The van der Waals surface area contributed by atoms with Crippen molar-refractivity contribution < 1.29 is 29.3 Å². The van der Waals surface area contributed by atoms with Crippen molar-refractivity contribution in [2.45, 2.75) is 50.3 Å². The number of benzene rings is 2. The second-order valence-corrected chi connectivity index (χ2v) is 8.68. The Kier molecular flexibility index (Phi) is 6.65. The van der Waals surface area contributed by atoms with Crippen LogP contribution in [0, 0.1) is 0 Å². The molecule has 1 saturated heterocycles. The Morgan fingerprint density at radius 3 is 2.27 bits per heavy atom. The van der Waals surface area contributed by atoms with Gasteiger partial charge in [0.25, 0.3) is 0 Å². The average Bonchev–Trinajstić information content (AvgIpc) is 3.10. The van der Waals surface area contributed by atoms with E-state index in [1.54, 1.807) is 6.92 Å². The molecule has 0 spiro atoms.